The maximum Gasteiger partial charge on any atom is 0.104 e. The van der Waals surface area contributed by atoms with Crippen LogP contribution in [0.2, 0.25) is 0 Å². The Morgan fingerprint density at radius 3 is 1.62 bits per heavy atom. The summed E-state index contributed by atoms with van der Waals surface area (Å²) in [5.74, 6) is 0. The minimum atomic E-state index is 0.309. The summed E-state index contributed by atoms with van der Waals surface area (Å²) in [5, 5.41) is 0. The highest BCUT2D eigenvalue weighted by Gasteiger charge is 2.22. The van der Waals surface area contributed by atoms with Gasteiger partial charge in [-0.2, -0.15) is 0 Å². The number of hydrogen-bond acceptors (Lipinski definition) is 4. The van der Waals surface area contributed by atoms with Crippen molar-refractivity contribution in [3.8, 4) is 11.1 Å². The largest absolute Gasteiger partial charge is 0.378 e. The topological polar surface area (TPSA) is 34.2 Å². The third-order valence-corrected chi connectivity index (χ3v) is 7.22. The first-order valence-corrected chi connectivity index (χ1v) is 14.3. The zero-order valence-electron chi connectivity index (χ0n) is 23.4. The molecule has 0 spiro atoms. The maximum absolute atomic E-state index is 5.74. The number of epoxide rings is 1. The van der Waals surface area contributed by atoms with Crippen LogP contribution in [0, 0.1) is 0 Å². The van der Waals surface area contributed by atoms with E-state index < -0.39 is 0 Å². The van der Waals surface area contributed by atoms with E-state index in [0.29, 0.717) is 32.5 Å². The van der Waals surface area contributed by atoms with Crippen molar-refractivity contribution < 1.29 is 14.2 Å². The first kappa shape index (κ1) is 27.9. The van der Waals surface area contributed by atoms with Crippen LogP contribution in [0.15, 0.2) is 110 Å². The normalized spacial score (nSPS) is 14.2. The Labute approximate surface area is 238 Å². The molecule has 0 aliphatic carbocycles. The number of ether oxygens (including phenoxy) is 3. The molecule has 1 aliphatic heterocycles. The second kappa shape index (κ2) is 14.1. The molecule has 206 valence electrons. The smallest absolute Gasteiger partial charge is 0.104 e. The molecule has 1 unspecified atom stereocenters. The second-order valence-corrected chi connectivity index (χ2v) is 10.2. The van der Waals surface area contributed by atoms with Gasteiger partial charge in [-0.05, 0) is 83.5 Å². The molecule has 40 heavy (non-hydrogen) atoms. The molecule has 5 rings (SSSR count). The minimum absolute atomic E-state index is 0.309. The zero-order chi connectivity index (χ0) is 27.6. The van der Waals surface area contributed by atoms with Crippen LogP contribution in [0.5, 0.6) is 0 Å². The third kappa shape index (κ3) is 7.70. The van der Waals surface area contributed by atoms with Crippen LogP contribution in [0.25, 0.3) is 11.1 Å². The van der Waals surface area contributed by atoms with Gasteiger partial charge < -0.3 is 19.1 Å². The lowest BCUT2D eigenvalue weighted by Crippen LogP contribution is -2.10. The minimum Gasteiger partial charge on any atom is -0.378 e. The predicted molar refractivity (Wildman–Crippen MR) is 165 cm³/mol. The van der Waals surface area contributed by atoms with E-state index in [4.69, 9.17) is 14.2 Å². The predicted octanol–water partition coefficient (Wildman–Crippen LogP) is 8.09. The van der Waals surface area contributed by atoms with Gasteiger partial charge in [0.1, 0.15) is 6.10 Å². The number of benzene rings is 4. The summed E-state index contributed by atoms with van der Waals surface area (Å²) in [4.78, 5) is 2.31. The number of hydrogen-bond donors (Lipinski definition) is 0. The van der Waals surface area contributed by atoms with Gasteiger partial charge in [0.2, 0.25) is 0 Å². The zero-order valence-corrected chi connectivity index (χ0v) is 23.4. The van der Waals surface area contributed by atoms with Crippen molar-refractivity contribution in [2.75, 3.05) is 37.9 Å². The second-order valence-electron chi connectivity index (χ2n) is 10.2. The summed E-state index contributed by atoms with van der Waals surface area (Å²) in [7, 11) is 0. The van der Waals surface area contributed by atoms with Gasteiger partial charge in [0.05, 0.1) is 33.0 Å². The quantitative estimate of drug-likeness (QED) is 0.0879. The average molecular weight is 534 g/mol. The standard InChI is InChI=1S/C36H39NO3/c1-3-23-38-24-21-29-7-15-33(16-8-29)37(34-17-9-30(10-18-34)22-25-39-26-36-27-40-36)35-19-13-32(14-20-35)31-11-5-28(4-2)6-12-31/h3,5-20,36H,1,4,21-27H2,2H3. The summed E-state index contributed by atoms with van der Waals surface area (Å²) in [5.41, 5.74) is 9.69. The van der Waals surface area contributed by atoms with Crippen LogP contribution < -0.4 is 4.90 Å². The molecule has 1 atom stereocenters. The fourth-order valence-corrected chi connectivity index (χ4v) is 4.73. The van der Waals surface area contributed by atoms with Crippen molar-refractivity contribution in [1.82, 2.24) is 0 Å². The molecule has 0 radical (unpaired) electrons. The fraction of sp³-hybridized carbons (Fsp3) is 0.278. The Morgan fingerprint density at radius 1 is 0.700 bits per heavy atom. The number of aryl methyl sites for hydroxylation is 1. The lowest BCUT2D eigenvalue weighted by atomic mass is 10.0. The fourth-order valence-electron chi connectivity index (χ4n) is 4.73. The van der Waals surface area contributed by atoms with Gasteiger partial charge >= 0.3 is 0 Å². The van der Waals surface area contributed by atoms with Gasteiger partial charge in [-0.3, -0.25) is 0 Å². The van der Waals surface area contributed by atoms with Crippen LogP contribution in [0.4, 0.5) is 17.1 Å². The highest BCUT2D eigenvalue weighted by Crippen LogP contribution is 2.36. The first-order valence-electron chi connectivity index (χ1n) is 14.3. The van der Waals surface area contributed by atoms with Gasteiger partial charge in [0.25, 0.3) is 0 Å². The van der Waals surface area contributed by atoms with E-state index in [1.165, 1.54) is 27.8 Å². The van der Waals surface area contributed by atoms with E-state index in [1.54, 1.807) is 6.08 Å². The Hall–Kier alpha value is -3.70. The highest BCUT2D eigenvalue weighted by atomic mass is 16.6. The third-order valence-electron chi connectivity index (χ3n) is 7.22. The molecule has 4 heteroatoms. The summed E-state index contributed by atoms with van der Waals surface area (Å²) < 4.78 is 16.5. The molecule has 1 fully saturated rings. The molecule has 0 saturated carbocycles. The average Bonchev–Trinajstić information content (AvgIpc) is 3.84. The molecule has 1 aliphatic rings. The lowest BCUT2D eigenvalue weighted by molar-refractivity contribution is 0.119. The Balaban J connectivity index is 1.35. The van der Waals surface area contributed by atoms with Crippen LogP contribution in [-0.2, 0) is 33.5 Å². The summed E-state index contributed by atoms with van der Waals surface area (Å²) in [6, 6.07) is 35.3. The van der Waals surface area contributed by atoms with Crippen LogP contribution >= 0.6 is 0 Å². The van der Waals surface area contributed by atoms with E-state index in [9.17, 15) is 0 Å². The van der Waals surface area contributed by atoms with Crippen LogP contribution in [-0.4, -0.2) is 39.1 Å². The van der Waals surface area contributed by atoms with Crippen LogP contribution in [0.1, 0.15) is 23.6 Å². The van der Waals surface area contributed by atoms with Gasteiger partial charge in [-0.25, -0.2) is 0 Å². The van der Waals surface area contributed by atoms with E-state index in [2.05, 4.69) is 115 Å². The molecule has 0 aromatic heterocycles. The monoisotopic (exact) mass is 533 g/mol. The number of rotatable bonds is 15. The molecule has 0 bridgehead atoms. The number of anilines is 3. The van der Waals surface area contributed by atoms with E-state index in [-0.39, 0.29) is 0 Å². The van der Waals surface area contributed by atoms with Gasteiger partial charge in [-0.1, -0.05) is 73.7 Å². The Morgan fingerprint density at radius 2 is 1.15 bits per heavy atom. The molecule has 4 aromatic carbocycles. The highest BCUT2D eigenvalue weighted by molar-refractivity contribution is 5.78. The van der Waals surface area contributed by atoms with E-state index in [0.717, 1.165) is 42.9 Å². The molecule has 0 amide bonds. The summed E-state index contributed by atoms with van der Waals surface area (Å²) >= 11 is 0. The van der Waals surface area contributed by atoms with E-state index in [1.807, 2.05) is 0 Å². The summed E-state index contributed by atoms with van der Waals surface area (Å²) in [6.45, 7) is 9.41. The molecular formula is C36H39NO3. The Bertz CT molecular complexity index is 1330. The SMILES string of the molecule is C=CCOCCc1ccc(N(c2ccc(CCOCC3CO3)cc2)c2ccc(-c3ccc(CC)cc3)cc2)cc1. The van der Waals surface area contributed by atoms with Crippen molar-refractivity contribution in [1.29, 1.82) is 0 Å². The van der Waals surface area contributed by atoms with Crippen molar-refractivity contribution in [3.63, 3.8) is 0 Å². The van der Waals surface area contributed by atoms with Gasteiger partial charge in [0.15, 0.2) is 0 Å². The molecule has 0 N–H and O–H groups in total. The van der Waals surface area contributed by atoms with Gasteiger partial charge in [0, 0.05) is 17.1 Å². The molecular weight excluding hydrogens is 494 g/mol. The molecule has 1 heterocycles. The molecule has 1 saturated heterocycles. The summed E-state index contributed by atoms with van der Waals surface area (Å²) in [6.07, 6.45) is 4.91. The lowest BCUT2D eigenvalue weighted by Gasteiger charge is -2.26. The Kier molecular flexibility index (Phi) is 9.81. The maximum atomic E-state index is 5.74. The van der Waals surface area contributed by atoms with Crippen molar-refractivity contribution in [3.05, 3.63) is 126 Å². The van der Waals surface area contributed by atoms with Crippen molar-refractivity contribution >= 4 is 17.1 Å². The first-order chi connectivity index (χ1) is 19.7. The van der Waals surface area contributed by atoms with Crippen molar-refractivity contribution in [2.45, 2.75) is 32.3 Å². The van der Waals surface area contributed by atoms with Gasteiger partial charge in [-0.15, -0.1) is 6.58 Å². The van der Waals surface area contributed by atoms with E-state index >= 15 is 0 Å². The van der Waals surface area contributed by atoms with Crippen molar-refractivity contribution in [2.24, 2.45) is 0 Å². The molecule has 4 nitrogen and oxygen atoms in total. The molecule has 4 aromatic rings. The number of nitrogens with zero attached hydrogens (tertiary/aromatic N) is 1. The van der Waals surface area contributed by atoms with Crippen LogP contribution in [0.3, 0.4) is 0 Å².